The van der Waals surface area contributed by atoms with E-state index < -0.39 is 10.8 Å². The third kappa shape index (κ3) is 4.70. The fourth-order valence-electron chi connectivity index (χ4n) is 4.28. The van der Waals surface area contributed by atoms with E-state index >= 15 is 0 Å². The van der Waals surface area contributed by atoms with Crippen LogP contribution in [0.25, 0.3) is 0 Å². The lowest BCUT2D eigenvalue weighted by atomic mass is 10.1. The average Bonchev–Trinajstić information content (AvgIpc) is 3.34. The van der Waals surface area contributed by atoms with Gasteiger partial charge in [-0.05, 0) is 62.4 Å². The first-order valence-corrected chi connectivity index (χ1v) is 11.3. The third-order valence-electron chi connectivity index (χ3n) is 5.98. The zero-order valence-corrected chi connectivity index (χ0v) is 18.4. The van der Waals surface area contributed by atoms with Gasteiger partial charge in [-0.25, -0.2) is 0 Å². The number of nitro groups is 1. The predicted octanol–water partition coefficient (Wildman–Crippen LogP) is 4.73. The predicted molar refractivity (Wildman–Crippen MR) is 124 cm³/mol. The smallest absolute Gasteiger partial charge is 0.288 e. The third-order valence-corrected chi connectivity index (χ3v) is 6.30. The number of nitro benzene ring substituents is 1. The Morgan fingerprint density at radius 3 is 2.31 bits per heavy atom. The van der Waals surface area contributed by atoms with Crippen molar-refractivity contribution in [2.75, 3.05) is 36.4 Å². The second kappa shape index (κ2) is 9.56. The van der Waals surface area contributed by atoms with Crippen molar-refractivity contribution in [1.82, 2.24) is 4.90 Å². The van der Waals surface area contributed by atoms with Crippen LogP contribution in [0.15, 0.2) is 36.4 Å². The fraction of sp³-hybridized carbons (Fsp3) is 0.391. The van der Waals surface area contributed by atoms with E-state index in [2.05, 4.69) is 10.2 Å². The monoisotopic (exact) mass is 456 g/mol. The van der Waals surface area contributed by atoms with Crippen molar-refractivity contribution in [3.05, 3.63) is 62.7 Å². The van der Waals surface area contributed by atoms with Gasteiger partial charge >= 0.3 is 0 Å². The molecular weight excluding hydrogens is 432 g/mol. The van der Waals surface area contributed by atoms with Crippen LogP contribution in [0.4, 0.5) is 17.1 Å². The van der Waals surface area contributed by atoms with Crippen molar-refractivity contribution in [1.29, 1.82) is 0 Å². The van der Waals surface area contributed by atoms with Crippen molar-refractivity contribution in [3.8, 4) is 0 Å². The van der Waals surface area contributed by atoms with E-state index in [4.69, 9.17) is 11.6 Å². The van der Waals surface area contributed by atoms with E-state index in [1.54, 1.807) is 12.1 Å². The maximum absolute atomic E-state index is 13.3. The number of amides is 2. The van der Waals surface area contributed by atoms with E-state index in [0.717, 1.165) is 70.0 Å². The number of nitrogens with zero attached hydrogens (tertiary/aromatic N) is 3. The van der Waals surface area contributed by atoms with E-state index in [1.807, 2.05) is 11.0 Å². The molecule has 2 amide bonds. The highest BCUT2D eigenvalue weighted by molar-refractivity contribution is 6.32. The minimum absolute atomic E-state index is 0.0233. The Labute approximate surface area is 191 Å². The summed E-state index contributed by atoms with van der Waals surface area (Å²) < 4.78 is 0. The zero-order valence-electron chi connectivity index (χ0n) is 17.7. The molecule has 168 valence electrons. The molecule has 2 aromatic carbocycles. The second-order valence-corrected chi connectivity index (χ2v) is 8.56. The molecule has 9 heteroatoms. The van der Waals surface area contributed by atoms with Crippen LogP contribution < -0.4 is 10.2 Å². The van der Waals surface area contributed by atoms with Crippen molar-refractivity contribution in [2.45, 2.75) is 32.1 Å². The molecule has 2 aliphatic heterocycles. The number of carbonyl (C=O) groups excluding carboxylic acids is 2. The SMILES string of the molecule is O=C(Nc1ccc(N2CCCC2)c(C(=O)N2CCCCC2)c1)c1ccc(Cl)c([N+](=O)[O-])c1. The highest BCUT2D eigenvalue weighted by atomic mass is 35.5. The number of nitrogens with one attached hydrogen (secondary N) is 1. The molecule has 0 bridgehead atoms. The number of piperidine rings is 1. The van der Waals surface area contributed by atoms with Crippen molar-refractivity contribution in [2.24, 2.45) is 0 Å². The van der Waals surface area contributed by atoms with Gasteiger partial charge in [0.1, 0.15) is 5.02 Å². The molecule has 1 N–H and O–H groups in total. The van der Waals surface area contributed by atoms with Gasteiger partial charge in [-0.3, -0.25) is 19.7 Å². The first kappa shape index (κ1) is 22.1. The van der Waals surface area contributed by atoms with Gasteiger partial charge in [0.15, 0.2) is 0 Å². The molecule has 0 aliphatic carbocycles. The lowest BCUT2D eigenvalue weighted by molar-refractivity contribution is -0.384. The number of likely N-dealkylation sites (tertiary alicyclic amines) is 1. The Balaban J connectivity index is 1.61. The molecule has 4 rings (SSSR count). The summed E-state index contributed by atoms with van der Waals surface area (Å²) in [6, 6.07) is 9.27. The second-order valence-electron chi connectivity index (χ2n) is 8.16. The van der Waals surface area contributed by atoms with Crippen LogP contribution in [0.2, 0.25) is 5.02 Å². The van der Waals surface area contributed by atoms with E-state index in [-0.39, 0.29) is 22.2 Å². The minimum Gasteiger partial charge on any atom is -0.371 e. The standard InChI is InChI=1S/C23H25ClN4O4/c24-19-8-6-16(14-21(19)28(31)32)22(29)25-17-7-9-20(26-10-4-5-11-26)18(15-17)23(30)27-12-2-1-3-13-27/h6-9,14-15H,1-5,10-13H2,(H,25,29). The van der Waals surface area contributed by atoms with Crippen LogP contribution in [0.3, 0.4) is 0 Å². The molecule has 2 saturated heterocycles. The van der Waals surface area contributed by atoms with Gasteiger partial charge < -0.3 is 15.1 Å². The van der Waals surface area contributed by atoms with Gasteiger partial charge in [-0.1, -0.05) is 11.6 Å². The lowest BCUT2D eigenvalue weighted by Crippen LogP contribution is -2.36. The fourth-order valence-corrected chi connectivity index (χ4v) is 4.47. The first-order valence-electron chi connectivity index (χ1n) is 10.9. The summed E-state index contributed by atoms with van der Waals surface area (Å²) in [5, 5.41) is 13.9. The van der Waals surface area contributed by atoms with Gasteiger partial charge in [-0.2, -0.15) is 0 Å². The summed E-state index contributed by atoms with van der Waals surface area (Å²) in [5.41, 5.74) is 1.72. The summed E-state index contributed by atoms with van der Waals surface area (Å²) in [6.45, 7) is 3.29. The number of hydrogen-bond acceptors (Lipinski definition) is 5. The Bertz CT molecular complexity index is 1050. The molecule has 0 unspecified atom stereocenters. The van der Waals surface area contributed by atoms with E-state index in [1.165, 1.54) is 12.1 Å². The van der Waals surface area contributed by atoms with Gasteiger partial charge in [0.05, 0.1) is 10.5 Å². The topological polar surface area (TPSA) is 95.8 Å². The quantitative estimate of drug-likeness (QED) is 0.518. The summed E-state index contributed by atoms with van der Waals surface area (Å²) >= 11 is 5.84. The molecule has 2 fully saturated rings. The Kier molecular flexibility index (Phi) is 6.60. The summed E-state index contributed by atoms with van der Waals surface area (Å²) in [5.74, 6) is -0.528. The van der Waals surface area contributed by atoms with Gasteiger partial charge in [-0.15, -0.1) is 0 Å². The Morgan fingerprint density at radius 2 is 1.62 bits per heavy atom. The highest BCUT2D eigenvalue weighted by Crippen LogP contribution is 2.30. The van der Waals surface area contributed by atoms with E-state index in [0.29, 0.717) is 11.3 Å². The maximum atomic E-state index is 13.3. The molecule has 0 atom stereocenters. The number of hydrogen-bond donors (Lipinski definition) is 1. The zero-order chi connectivity index (χ0) is 22.7. The molecule has 0 radical (unpaired) electrons. The molecule has 2 aromatic rings. The molecule has 0 spiro atoms. The molecule has 2 aliphatic rings. The number of rotatable bonds is 5. The molecule has 0 aromatic heterocycles. The van der Waals surface area contributed by atoms with Gasteiger partial charge in [0.25, 0.3) is 17.5 Å². The number of anilines is 2. The highest BCUT2D eigenvalue weighted by Gasteiger charge is 2.25. The Hall–Kier alpha value is -3.13. The van der Waals surface area contributed by atoms with Crippen LogP contribution >= 0.6 is 11.6 Å². The molecular formula is C23H25ClN4O4. The van der Waals surface area contributed by atoms with Crippen LogP contribution in [-0.2, 0) is 0 Å². The van der Waals surface area contributed by atoms with E-state index in [9.17, 15) is 19.7 Å². The number of halogens is 1. The molecule has 2 heterocycles. The Morgan fingerprint density at radius 1 is 0.938 bits per heavy atom. The normalized spacial score (nSPS) is 16.2. The minimum atomic E-state index is -0.626. The van der Waals surface area contributed by atoms with Crippen molar-refractivity contribution in [3.63, 3.8) is 0 Å². The number of benzene rings is 2. The van der Waals surface area contributed by atoms with Crippen LogP contribution in [0.5, 0.6) is 0 Å². The summed E-state index contributed by atoms with van der Waals surface area (Å²) in [4.78, 5) is 40.7. The maximum Gasteiger partial charge on any atom is 0.288 e. The number of carbonyl (C=O) groups is 2. The van der Waals surface area contributed by atoms with Gasteiger partial charge in [0, 0.05) is 49.2 Å². The van der Waals surface area contributed by atoms with Crippen molar-refractivity contribution < 1.29 is 14.5 Å². The van der Waals surface area contributed by atoms with Crippen LogP contribution in [0, 0.1) is 10.1 Å². The first-order chi connectivity index (χ1) is 15.4. The van der Waals surface area contributed by atoms with Crippen LogP contribution in [0.1, 0.15) is 52.8 Å². The summed E-state index contributed by atoms with van der Waals surface area (Å²) in [6.07, 6.45) is 5.30. The lowest BCUT2D eigenvalue weighted by Gasteiger charge is -2.29. The molecule has 0 saturated carbocycles. The van der Waals surface area contributed by atoms with Gasteiger partial charge in [0.2, 0.25) is 0 Å². The van der Waals surface area contributed by atoms with Crippen LogP contribution in [-0.4, -0.2) is 47.8 Å². The average molecular weight is 457 g/mol. The van der Waals surface area contributed by atoms with Crippen molar-refractivity contribution >= 4 is 40.5 Å². The molecule has 32 heavy (non-hydrogen) atoms. The summed E-state index contributed by atoms with van der Waals surface area (Å²) in [7, 11) is 0. The molecule has 8 nitrogen and oxygen atoms in total. The largest absolute Gasteiger partial charge is 0.371 e.